The molecule has 1 atom stereocenters. The molecule has 1 unspecified atom stereocenters. The second-order valence-corrected chi connectivity index (χ2v) is 7.40. The molecule has 0 radical (unpaired) electrons. The Morgan fingerprint density at radius 2 is 1.56 bits per heavy atom. The molecule has 1 saturated heterocycles. The van der Waals surface area contributed by atoms with Crippen LogP contribution in [0.25, 0.3) is 0 Å². The summed E-state index contributed by atoms with van der Waals surface area (Å²) in [5, 5.41) is 15.6. The fourth-order valence-corrected chi connectivity index (χ4v) is 3.49. The average Bonchev–Trinajstić information content (AvgIpc) is 2.66. The molecule has 6 nitrogen and oxygen atoms in total. The molecule has 2 aliphatic rings. The molecule has 2 N–H and O–H groups in total. The molecular weight excluding hydrogens is 368 g/mol. The van der Waals surface area contributed by atoms with E-state index >= 15 is 0 Å². The van der Waals surface area contributed by atoms with Gasteiger partial charge in [-0.05, 0) is 42.9 Å². The normalized spacial score (nSPS) is 20.6. The number of carboxylic acid groups (broad SMARTS) is 2. The van der Waals surface area contributed by atoms with Gasteiger partial charge < -0.3 is 15.1 Å². The van der Waals surface area contributed by atoms with Crippen LogP contribution in [0.3, 0.4) is 0 Å². The second-order valence-electron chi connectivity index (χ2n) is 6.96. The van der Waals surface area contributed by atoms with Gasteiger partial charge in [0.15, 0.2) is 0 Å². The molecule has 1 aromatic rings. The van der Waals surface area contributed by atoms with Crippen LogP contribution in [0.15, 0.2) is 36.4 Å². The molecule has 0 bridgehead atoms. The first-order valence-corrected chi connectivity index (χ1v) is 9.62. The Balaban J connectivity index is 0.000000380. The topological polar surface area (TPSA) is 81.1 Å². The molecule has 3 rings (SSSR count). The highest BCUT2D eigenvalue weighted by molar-refractivity contribution is 6.30. The molecule has 1 fully saturated rings. The Morgan fingerprint density at radius 1 is 0.963 bits per heavy atom. The van der Waals surface area contributed by atoms with Crippen molar-refractivity contribution < 1.29 is 19.8 Å². The average molecular weight is 395 g/mol. The number of rotatable bonds is 4. The maximum atomic E-state index is 9.10. The summed E-state index contributed by atoms with van der Waals surface area (Å²) in [4.78, 5) is 23.4. The SMILES string of the molecule is Clc1ccc(CN2CCN(CC3CC=CCC3)CC2)cc1.O=C(O)C(=O)O. The fourth-order valence-electron chi connectivity index (χ4n) is 3.37. The number of hydrogen-bond acceptors (Lipinski definition) is 4. The molecule has 7 heteroatoms. The molecule has 0 aromatic heterocycles. The standard InChI is InChI=1S/C18H25ClN2.C2H2O4/c19-18-8-6-17(7-9-18)15-21-12-10-20(11-13-21)14-16-4-2-1-3-5-16;3-1(4)2(5)6/h1-2,6-9,16H,3-5,10-15H2;(H,3,4)(H,5,6). The van der Waals surface area contributed by atoms with E-state index in [1.54, 1.807) is 0 Å². The zero-order valence-electron chi connectivity index (χ0n) is 15.4. The van der Waals surface area contributed by atoms with Gasteiger partial charge in [0.05, 0.1) is 0 Å². The van der Waals surface area contributed by atoms with Gasteiger partial charge in [0.1, 0.15) is 0 Å². The van der Waals surface area contributed by atoms with Gasteiger partial charge in [-0.1, -0.05) is 35.9 Å². The lowest BCUT2D eigenvalue weighted by Gasteiger charge is -2.36. The molecule has 1 aliphatic carbocycles. The lowest BCUT2D eigenvalue weighted by Crippen LogP contribution is -2.47. The summed E-state index contributed by atoms with van der Waals surface area (Å²) < 4.78 is 0. The minimum Gasteiger partial charge on any atom is -0.473 e. The Morgan fingerprint density at radius 3 is 2.07 bits per heavy atom. The fraction of sp³-hybridized carbons (Fsp3) is 0.500. The highest BCUT2D eigenvalue weighted by Gasteiger charge is 2.20. The van der Waals surface area contributed by atoms with Gasteiger partial charge in [-0.25, -0.2) is 9.59 Å². The summed E-state index contributed by atoms with van der Waals surface area (Å²) in [6.45, 7) is 7.15. The maximum Gasteiger partial charge on any atom is 0.414 e. The second kappa shape index (κ2) is 11.1. The third-order valence-corrected chi connectivity index (χ3v) is 5.11. The number of benzene rings is 1. The van der Waals surface area contributed by atoms with E-state index in [0.717, 1.165) is 17.5 Å². The number of aliphatic carboxylic acids is 2. The van der Waals surface area contributed by atoms with E-state index in [2.05, 4.69) is 34.1 Å². The van der Waals surface area contributed by atoms with E-state index in [-0.39, 0.29) is 0 Å². The van der Waals surface area contributed by atoms with Gasteiger partial charge in [-0.15, -0.1) is 0 Å². The highest BCUT2D eigenvalue weighted by atomic mass is 35.5. The van der Waals surface area contributed by atoms with Crippen molar-refractivity contribution in [2.45, 2.75) is 25.8 Å². The molecular formula is C20H27ClN2O4. The minimum absolute atomic E-state index is 0.824. The predicted octanol–water partition coefficient (Wildman–Crippen LogP) is 2.97. The molecule has 1 aliphatic heterocycles. The summed E-state index contributed by atoms with van der Waals surface area (Å²) in [7, 11) is 0. The van der Waals surface area contributed by atoms with Crippen molar-refractivity contribution in [3.05, 3.63) is 47.0 Å². The van der Waals surface area contributed by atoms with Gasteiger partial charge >= 0.3 is 11.9 Å². The summed E-state index contributed by atoms with van der Waals surface area (Å²) in [6.07, 6.45) is 8.64. The van der Waals surface area contributed by atoms with Crippen LogP contribution in [0.2, 0.25) is 5.02 Å². The number of allylic oxidation sites excluding steroid dienone is 2. The summed E-state index contributed by atoms with van der Waals surface area (Å²) >= 11 is 5.94. The van der Waals surface area contributed by atoms with Gasteiger partial charge in [0.25, 0.3) is 0 Å². The highest BCUT2D eigenvalue weighted by Crippen LogP contribution is 2.20. The first-order valence-electron chi connectivity index (χ1n) is 9.24. The van der Waals surface area contributed by atoms with E-state index in [4.69, 9.17) is 31.4 Å². The van der Waals surface area contributed by atoms with E-state index in [9.17, 15) is 0 Å². The van der Waals surface area contributed by atoms with Crippen LogP contribution in [0, 0.1) is 5.92 Å². The van der Waals surface area contributed by atoms with Crippen molar-refractivity contribution in [2.24, 2.45) is 5.92 Å². The Kier molecular flexibility index (Phi) is 8.78. The first-order chi connectivity index (χ1) is 12.9. The number of carbonyl (C=O) groups is 2. The lowest BCUT2D eigenvalue weighted by molar-refractivity contribution is -0.159. The molecule has 27 heavy (non-hydrogen) atoms. The van der Waals surface area contributed by atoms with Gasteiger partial charge in [-0.2, -0.15) is 0 Å². The van der Waals surface area contributed by atoms with Crippen LogP contribution in [0.1, 0.15) is 24.8 Å². The van der Waals surface area contributed by atoms with Crippen molar-refractivity contribution >= 4 is 23.5 Å². The third kappa shape index (κ3) is 8.12. The molecule has 148 valence electrons. The number of hydrogen-bond donors (Lipinski definition) is 2. The quantitative estimate of drug-likeness (QED) is 0.603. The van der Waals surface area contributed by atoms with Crippen molar-refractivity contribution in [1.82, 2.24) is 9.80 Å². The van der Waals surface area contributed by atoms with Crippen LogP contribution >= 0.6 is 11.6 Å². The van der Waals surface area contributed by atoms with Crippen LogP contribution in [0.4, 0.5) is 0 Å². The van der Waals surface area contributed by atoms with E-state index < -0.39 is 11.9 Å². The Hall–Kier alpha value is -1.89. The number of halogens is 1. The van der Waals surface area contributed by atoms with Gasteiger partial charge in [0, 0.05) is 44.3 Å². The van der Waals surface area contributed by atoms with E-state index in [0.29, 0.717) is 0 Å². The van der Waals surface area contributed by atoms with Crippen molar-refractivity contribution in [3.63, 3.8) is 0 Å². The zero-order chi connectivity index (χ0) is 19.6. The van der Waals surface area contributed by atoms with Crippen LogP contribution in [0.5, 0.6) is 0 Å². The third-order valence-electron chi connectivity index (χ3n) is 4.86. The Bertz CT molecular complexity index is 628. The lowest BCUT2D eigenvalue weighted by atomic mass is 9.94. The molecule has 0 amide bonds. The minimum atomic E-state index is -1.82. The summed E-state index contributed by atoms with van der Waals surface area (Å²) in [5.41, 5.74) is 1.37. The predicted molar refractivity (Wildman–Crippen MR) is 105 cm³/mol. The van der Waals surface area contributed by atoms with Crippen molar-refractivity contribution in [2.75, 3.05) is 32.7 Å². The van der Waals surface area contributed by atoms with E-state index in [1.165, 1.54) is 57.5 Å². The molecule has 1 aromatic carbocycles. The number of nitrogens with zero attached hydrogens (tertiary/aromatic N) is 2. The molecule has 0 spiro atoms. The number of piperazine rings is 1. The summed E-state index contributed by atoms with van der Waals surface area (Å²) in [6, 6.07) is 8.26. The monoisotopic (exact) mass is 394 g/mol. The molecule has 1 heterocycles. The largest absolute Gasteiger partial charge is 0.473 e. The summed E-state index contributed by atoms with van der Waals surface area (Å²) in [5.74, 6) is -2.76. The van der Waals surface area contributed by atoms with Crippen LogP contribution in [-0.4, -0.2) is 64.7 Å². The van der Waals surface area contributed by atoms with Gasteiger partial charge in [-0.3, -0.25) is 4.90 Å². The number of carboxylic acids is 2. The first kappa shape index (κ1) is 21.4. The van der Waals surface area contributed by atoms with Crippen LogP contribution in [-0.2, 0) is 16.1 Å². The van der Waals surface area contributed by atoms with Crippen molar-refractivity contribution in [3.8, 4) is 0 Å². The maximum absolute atomic E-state index is 9.10. The van der Waals surface area contributed by atoms with Crippen LogP contribution < -0.4 is 0 Å². The Labute approximate surface area is 165 Å². The molecule has 0 saturated carbocycles. The van der Waals surface area contributed by atoms with Gasteiger partial charge in [0.2, 0.25) is 0 Å². The zero-order valence-corrected chi connectivity index (χ0v) is 16.1. The smallest absolute Gasteiger partial charge is 0.414 e. The van der Waals surface area contributed by atoms with Crippen molar-refractivity contribution in [1.29, 1.82) is 0 Å². The van der Waals surface area contributed by atoms with E-state index in [1.807, 2.05) is 12.1 Å².